The van der Waals surface area contributed by atoms with Gasteiger partial charge in [-0.15, -0.1) is 0 Å². The summed E-state index contributed by atoms with van der Waals surface area (Å²) in [5.74, 6) is -9.20. The van der Waals surface area contributed by atoms with Gasteiger partial charge >= 0.3 is 12.2 Å². The minimum Gasteiger partial charge on any atom is -0.444 e. The van der Waals surface area contributed by atoms with Crippen LogP contribution >= 0.6 is 0 Å². The van der Waals surface area contributed by atoms with Crippen molar-refractivity contribution in [2.24, 2.45) is 23.7 Å². The van der Waals surface area contributed by atoms with Crippen LogP contribution in [0.5, 0.6) is 0 Å². The number of nitrogens with one attached hydrogen (secondary N) is 2. The zero-order chi connectivity index (χ0) is 41.5. The van der Waals surface area contributed by atoms with Crippen molar-refractivity contribution in [3.05, 3.63) is 58.7 Å². The number of Topliss-reactive ketones (excluding diaryl/α,β-unsaturated/α-hetero) is 6. The normalized spacial score (nSPS) is 17.5. The summed E-state index contributed by atoms with van der Waals surface area (Å²) in [5.41, 5.74) is -2.73. The molecule has 57 heavy (non-hydrogen) atoms. The van der Waals surface area contributed by atoms with Gasteiger partial charge in [-0.2, -0.15) is 0 Å². The van der Waals surface area contributed by atoms with Gasteiger partial charge in [-0.1, -0.05) is 27.7 Å². The summed E-state index contributed by atoms with van der Waals surface area (Å²) in [6.07, 6.45) is -1.63. The Morgan fingerprint density at radius 3 is 1.16 bits per heavy atom. The summed E-state index contributed by atoms with van der Waals surface area (Å²) in [4.78, 5) is 106. The predicted molar refractivity (Wildman–Crippen MR) is 209 cm³/mol. The zero-order valence-corrected chi connectivity index (χ0v) is 39.5. The van der Waals surface area contributed by atoms with Crippen LogP contribution in [-0.4, -0.2) is 138 Å². The van der Waals surface area contributed by atoms with Crippen molar-refractivity contribution in [2.45, 2.75) is 115 Å². The van der Waals surface area contributed by atoms with E-state index in [1.807, 2.05) is 0 Å². The van der Waals surface area contributed by atoms with Crippen molar-refractivity contribution in [3.8, 4) is 0 Å². The van der Waals surface area contributed by atoms with E-state index in [9.17, 15) is 46.8 Å². The Morgan fingerprint density at radius 1 is 0.579 bits per heavy atom. The first-order valence-corrected chi connectivity index (χ1v) is 19.5. The van der Waals surface area contributed by atoms with E-state index in [2.05, 4.69) is 10.6 Å². The zero-order valence-electron chi connectivity index (χ0n) is 34.6. The average Bonchev–Trinajstić information content (AvgIpc) is 3.44. The molecule has 14 nitrogen and oxygen atoms in total. The molecule has 0 bridgehead atoms. The topological polar surface area (TPSA) is 213 Å². The molecular weight excluding hydrogens is 778 g/mol. The minimum atomic E-state index is -4.51. The molecule has 2 amide bonds. The molecule has 0 heterocycles. The number of amides is 2. The van der Waals surface area contributed by atoms with Crippen molar-refractivity contribution in [3.63, 3.8) is 0 Å². The third-order valence-electron chi connectivity index (χ3n) is 8.77. The summed E-state index contributed by atoms with van der Waals surface area (Å²) in [6.45, 7) is 16.9. The first-order chi connectivity index (χ1) is 25.2. The average molecular weight is 827 g/mol. The van der Waals surface area contributed by atoms with Gasteiger partial charge in [0.2, 0.25) is 9.84 Å². The van der Waals surface area contributed by atoms with Gasteiger partial charge in [0, 0.05) is 81.4 Å². The van der Waals surface area contributed by atoms with Crippen LogP contribution in [0.15, 0.2) is 46.2 Å². The van der Waals surface area contributed by atoms with Crippen LogP contribution in [0.1, 0.15) is 124 Å². The van der Waals surface area contributed by atoms with Crippen LogP contribution in [0.25, 0.3) is 0 Å². The van der Waals surface area contributed by atoms with E-state index in [4.69, 9.17) is 9.47 Å². The predicted octanol–water partition coefficient (Wildman–Crippen LogP) is 4.77. The number of rotatable bonds is 12. The van der Waals surface area contributed by atoms with Crippen LogP contribution in [0.2, 0.25) is 0 Å². The molecule has 0 saturated heterocycles. The number of benzene rings is 2. The van der Waals surface area contributed by atoms with Gasteiger partial charge in [-0.3, -0.25) is 28.8 Å². The fraction of sp³-hybridized carbons (Fsp3) is 0.500. The van der Waals surface area contributed by atoms with Crippen molar-refractivity contribution in [1.82, 2.24) is 10.6 Å². The second-order valence-electron chi connectivity index (χ2n) is 16.7. The van der Waals surface area contributed by atoms with Crippen LogP contribution in [0.4, 0.5) is 9.59 Å². The van der Waals surface area contributed by atoms with Crippen LogP contribution < -0.4 is 10.6 Å². The van der Waals surface area contributed by atoms with Crippen molar-refractivity contribution in [1.29, 1.82) is 0 Å². The minimum absolute atomic E-state index is 0. The van der Waals surface area contributed by atoms with Gasteiger partial charge < -0.3 is 20.1 Å². The molecular formula is C40H48N2Na2O12S. The second kappa shape index (κ2) is 18.9. The number of ketones is 6. The van der Waals surface area contributed by atoms with Gasteiger partial charge in [0.05, 0.1) is 21.9 Å². The van der Waals surface area contributed by atoms with E-state index in [-0.39, 0.29) is 106 Å². The molecule has 17 heteroatoms. The first-order valence-electron chi connectivity index (χ1n) is 18.0. The Hall–Kier alpha value is -3.05. The standard InChI is InChI=1S/C40H48N2O12S.2Na/c1-19(2)15-27(41-37(49)53-39(5,6)7)35(47)29-31(43)23-13-11-21(17-25(23)33(29)45)55(51,52)22-12-14-24-26(18-22)34(46)30(32(24)44)36(48)28(16-20(3)4)42-38(50)54-40(8,9)10;;/h11-14,17-20,27-30H,15-16H2,1-10H3,(H,41,49)(H,42,50);;/t27-,28-,29?,30?;;/m1../s1. The number of sulfone groups is 1. The van der Waals surface area contributed by atoms with E-state index in [1.54, 1.807) is 69.2 Å². The molecule has 0 spiro atoms. The third-order valence-corrected chi connectivity index (χ3v) is 10.5. The van der Waals surface area contributed by atoms with Crippen LogP contribution in [0.3, 0.4) is 0 Å². The van der Waals surface area contributed by atoms with Gasteiger partial charge in [0.15, 0.2) is 34.7 Å². The Morgan fingerprint density at radius 2 is 0.877 bits per heavy atom. The fourth-order valence-electron chi connectivity index (χ4n) is 6.47. The Kier molecular flexibility index (Phi) is 16.6. The number of carbonyl (C=O) groups excluding carboxylic acids is 8. The second-order valence-corrected chi connectivity index (χ2v) is 18.7. The fourth-order valence-corrected chi connectivity index (χ4v) is 7.78. The van der Waals surface area contributed by atoms with Crippen LogP contribution in [0, 0.1) is 23.7 Å². The number of ether oxygens (including phenoxy) is 2. The maximum atomic E-state index is 13.9. The first kappa shape index (κ1) is 50.1. The number of alkyl carbamates (subject to hydrolysis) is 2. The van der Waals surface area contributed by atoms with Crippen molar-refractivity contribution in [2.75, 3.05) is 0 Å². The number of hydrogen-bond donors (Lipinski definition) is 2. The summed E-state index contributed by atoms with van der Waals surface area (Å²) in [6, 6.07) is 3.87. The Balaban J connectivity index is 0.00000561. The molecule has 0 fully saturated rings. The number of hydrogen-bond acceptors (Lipinski definition) is 12. The summed E-state index contributed by atoms with van der Waals surface area (Å²) in [5, 5.41) is 4.93. The summed E-state index contributed by atoms with van der Waals surface area (Å²) < 4.78 is 38.4. The van der Waals surface area contributed by atoms with Gasteiger partial charge in [0.1, 0.15) is 23.0 Å². The smallest absolute Gasteiger partial charge is 0.408 e. The largest absolute Gasteiger partial charge is 0.444 e. The molecule has 0 saturated carbocycles. The van der Waals surface area contributed by atoms with E-state index >= 15 is 0 Å². The van der Waals surface area contributed by atoms with E-state index in [0.717, 1.165) is 36.4 Å². The third kappa shape index (κ3) is 11.6. The van der Waals surface area contributed by atoms with E-state index in [1.165, 1.54) is 0 Å². The maximum Gasteiger partial charge on any atom is 0.408 e. The van der Waals surface area contributed by atoms with Crippen molar-refractivity contribution < 1.29 is 56.2 Å². The molecule has 2 aromatic rings. The van der Waals surface area contributed by atoms with Crippen LogP contribution in [-0.2, 0) is 28.9 Å². The van der Waals surface area contributed by atoms with Gasteiger partial charge in [-0.05, 0) is 103 Å². The molecule has 2 N–H and O–H groups in total. The molecule has 0 aliphatic heterocycles. The molecule has 2 aliphatic rings. The molecule has 4 atom stereocenters. The molecule has 2 aromatic carbocycles. The maximum absolute atomic E-state index is 13.9. The molecule has 2 aliphatic carbocycles. The molecule has 298 valence electrons. The SMILES string of the molecule is CC(C)C[C@@H](NC(=O)OC(C)(C)C)C(=O)C1C(=O)c2ccc(S(=O)(=O)c3ccc4c(c3)C(=O)C(C(=O)[C@@H](CC(C)C)NC(=O)OC(C)(C)C)C4=O)cc2C1=O.[Na].[Na]. The Bertz CT molecular complexity index is 1960. The Labute approximate surface area is 377 Å². The summed E-state index contributed by atoms with van der Waals surface area (Å²) >= 11 is 0. The molecule has 4 rings (SSSR count). The van der Waals surface area contributed by atoms with Crippen molar-refractivity contribution >= 4 is 116 Å². The molecule has 2 radical (unpaired) electrons. The van der Waals surface area contributed by atoms with Gasteiger partial charge in [0.25, 0.3) is 0 Å². The number of fused-ring (bicyclic) bond motifs is 2. The van der Waals surface area contributed by atoms with E-state index in [0.29, 0.717) is 0 Å². The van der Waals surface area contributed by atoms with E-state index < -0.39 is 102 Å². The number of carbonyl (C=O) groups is 8. The summed E-state index contributed by atoms with van der Waals surface area (Å²) in [7, 11) is -4.51. The monoisotopic (exact) mass is 826 g/mol. The molecule has 0 aromatic heterocycles. The quantitative estimate of drug-likeness (QED) is 0.219. The molecule has 2 unspecified atom stereocenters. The van der Waals surface area contributed by atoms with Gasteiger partial charge in [-0.25, -0.2) is 18.0 Å².